The lowest BCUT2D eigenvalue weighted by Gasteiger charge is -2.11. The first-order valence-electron chi connectivity index (χ1n) is 6.07. The number of aromatic nitrogens is 2. The smallest absolute Gasteiger partial charge is 0.270 e. The minimum absolute atomic E-state index is 0.0852. The highest BCUT2D eigenvalue weighted by Crippen LogP contribution is 2.12. The summed E-state index contributed by atoms with van der Waals surface area (Å²) >= 11 is 0. The van der Waals surface area contributed by atoms with E-state index in [0.29, 0.717) is 10.8 Å². The van der Waals surface area contributed by atoms with E-state index in [0.717, 1.165) is 6.42 Å². The van der Waals surface area contributed by atoms with Crippen LogP contribution in [0.4, 0.5) is 0 Å². The van der Waals surface area contributed by atoms with Gasteiger partial charge in [0.1, 0.15) is 0 Å². The van der Waals surface area contributed by atoms with Crippen LogP contribution in [-0.2, 0) is 4.84 Å². The molecular formula is C13H15N3O3. The monoisotopic (exact) mass is 261 g/mol. The van der Waals surface area contributed by atoms with Crippen LogP contribution >= 0.6 is 0 Å². The summed E-state index contributed by atoms with van der Waals surface area (Å²) in [4.78, 5) is 28.7. The average molecular weight is 261 g/mol. The van der Waals surface area contributed by atoms with E-state index in [1.807, 2.05) is 13.8 Å². The highest BCUT2D eigenvalue weighted by atomic mass is 16.7. The first-order chi connectivity index (χ1) is 9.13. The molecule has 0 spiro atoms. The van der Waals surface area contributed by atoms with Crippen LogP contribution in [0.2, 0.25) is 0 Å². The Balaban J connectivity index is 2.33. The number of carbonyl (C=O) groups excluding carboxylic acids is 1. The lowest BCUT2D eigenvalue weighted by molar-refractivity contribution is -0.00922. The molecule has 1 aromatic carbocycles. The van der Waals surface area contributed by atoms with Crippen molar-refractivity contribution in [2.75, 3.05) is 0 Å². The largest absolute Gasteiger partial charge is 0.295 e. The zero-order valence-corrected chi connectivity index (χ0v) is 10.8. The Morgan fingerprint density at radius 3 is 2.79 bits per heavy atom. The molecule has 1 amide bonds. The molecule has 6 heteroatoms. The molecule has 2 N–H and O–H groups in total. The van der Waals surface area contributed by atoms with Gasteiger partial charge in [-0.25, -0.2) is 10.6 Å². The van der Waals surface area contributed by atoms with Crippen LogP contribution < -0.4 is 11.0 Å². The second-order valence-corrected chi connectivity index (χ2v) is 4.21. The SMILES string of the molecule is CCC(C)ONC(=O)c1n[nH]c(=O)c2ccccc12. The zero-order chi connectivity index (χ0) is 13.8. The van der Waals surface area contributed by atoms with Gasteiger partial charge in [0.05, 0.1) is 11.5 Å². The van der Waals surface area contributed by atoms with Crippen LogP contribution in [0.1, 0.15) is 30.8 Å². The topological polar surface area (TPSA) is 84.1 Å². The number of hydrogen-bond donors (Lipinski definition) is 2. The molecule has 100 valence electrons. The number of nitrogens with zero attached hydrogens (tertiary/aromatic N) is 1. The predicted molar refractivity (Wildman–Crippen MR) is 70.7 cm³/mol. The van der Waals surface area contributed by atoms with E-state index in [9.17, 15) is 9.59 Å². The number of H-pyrrole nitrogens is 1. The highest BCUT2D eigenvalue weighted by Gasteiger charge is 2.14. The van der Waals surface area contributed by atoms with E-state index in [-0.39, 0.29) is 17.4 Å². The van der Waals surface area contributed by atoms with Crippen molar-refractivity contribution in [3.63, 3.8) is 0 Å². The first kappa shape index (κ1) is 13.2. The lowest BCUT2D eigenvalue weighted by atomic mass is 10.1. The molecule has 0 saturated heterocycles. The Hall–Kier alpha value is -2.21. The van der Waals surface area contributed by atoms with Crippen LogP contribution in [-0.4, -0.2) is 22.2 Å². The van der Waals surface area contributed by atoms with Gasteiger partial charge in [-0.15, -0.1) is 0 Å². The van der Waals surface area contributed by atoms with E-state index < -0.39 is 5.91 Å². The van der Waals surface area contributed by atoms with Crippen LogP contribution in [0, 0.1) is 0 Å². The fourth-order valence-corrected chi connectivity index (χ4v) is 1.57. The van der Waals surface area contributed by atoms with Gasteiger partial charge in [-0.05, 0) is 19.4 Å². The summed E-state index contributed by atoms with van der Waals surface area (Å²) in [5, 5.41) is 7.00. The Morgan fingerprint density at radius 2 is 2.11 bits per heavy atom. The van der Waals surface area contributed by atoms with Gasteiger partial charge in [0.25, 0.3) is 11.5 Å². The van der Waals surface area contributed by atoms with E-state index in [1.54, 1.807) is 24.3 Å². The van der Waals surface area contributed by atoms with Crippen LogP contribution in [0.3, 0.4) is 0 Å². The minimum Gasteiger partial charge on any atom is -0.270 e. The number of benzene rings is 1. The van der Waals surface area contributed by atoms with Crippen LogP contribution in [0.25, 0.3) is 10.8 Å². The zero-order valence-electron chi connectivity index (χ0n) is 10.8. The fraction of sp³-hybridized carbons (Fsp3) is 0.308. The number of amides is 1. The van der Waals surface area contributed by atoms with Crippen molar-refractivity contribution in [3.8, 4) is 0 Å². The molecule has 0 aliphatic carbocycles. The third-order valence-electron chi connectivity index (χ3n) is 2.84. The Kier molecular flexibility index (Phi) is 3.91. The maximum absolute atomic E-state index is 12.0. The number of hydroxylamine groups is 1. The molecule has 0 aliphatic heterocycles. The molecule has 2 rings (SSSR count). The number of rotatable bonds is 4. The van der Waals surface area contributed by atoms with Crippen molar-refractivity contribution in [3.05, 3.63) is 40.3 Å². The summed E-state index contributed by atoms with van der Waals surface area (Å²) in [6, 6.07) is 6.79. The molecule has 0 saturated carbocycles. The van der Waals surface area contributed by atoms with E-state index >= 15 is 0 Å². The molecule has 0 radical (unpaired) electrons. The molecule has 19 heavy (non-hydrogen) atoms. The quantitative estimate of drug-likeness (QED) is 0.814. The van der Waals surface area contributed by atoms with Crippen LogP contribution in [0.5, 0.6) is 0 Å². The minimum atomic E-state index is -0.479. The number of carbonyl (C=O) groups is 1. The second-order valence-electron chi connectivity index (χ2n) is 4.21. The first-order valence-corrected chi connectivity index (χ1v) is 6.07. The third-order valence-corrected chi connectivity index (χ3v) is 2.84. The highest BCUT2D eigenvalue weighted by molar-refractivity contribution is 6.04. The summed E-state index contributed by atoms with van der Waals surface area (Å²) in [5.74, 6) is -0.479. The van der Waals surface area contributed by atoms with Gasteiger partial charge < -0.3 is 0 Å². The molecule has 1 atom stereocenters. The van der Waals surface area contributed by atoms with Crippen molar-refractivity contribution in [2.45, 2.75) is 26.4 Å². The second kappa shape index (κ2) is 5.62. The summed E-state index contributed by atoms with van der Waals surface area (Å²) in [6.45, 7) is 3.79. The van der Waals surface area contributed by atoms with Gasteiger partial charge in [0, 0.05) is 5.39 Å². The average Bonchev–Trinajstić information content (AvgIpc) is 2.45. The van der Waals surface area contributed by atoms with Crippen molar-refractivity contribution >= 4 is 16.7 Å². The van der Waals surface area contributed by atoms with Crippen molar-refractivity contribution in [1.82, 2.24) is 15.7 Å². The third kappa shape index (κ3) is 2.79. The molecule has 1 unspecified atom stereocenters. The van der Waals surface area contributed by atoms with E-state index in [1.165, 1.54) is 0 Å². The number of aromatic amines is 1. The van der Waals surface area contributed by atoms with Crippen molar-refractivity contribution in [2.24, 2.45) is 0 Å². The van der Waals surface area contributed by atoms with Gasteiger partial charge in [-0.2, -0.15) is 5.10 Å². The molecule has 1 heterocycles. The van der Waals surface area contributed by atoms with Gasteiger partial charge >= 0.3 is 0 Å². The maximum atomic E-state index is 12.0. The number of nitrogens with one attached hydrogen (secondary N) is 2. The molecule has 0 fully saturated rings. The van der Waals surface area contributed by atoms with Gasteiger partial charge in [0.2, 0.25) is 0 Å². The molecular weight excluding hydrogens is 246 g/mol. The fourth-order valence-electron chi connectivity index (χ4n) is 1.57. The molecule has 0 aliphatic rings. The lowest BCUT2D eigenvalue weighted by Crippen LogP contribution is -2.30. The normalized spacial score (nSPS) is 12.3. The van der Waals surface area contributed by atoms with Crippen molar-refractivity contribution < 1.29 is 9.63 Å². The summed E-state index contributed by atoms with van der Waals surface area (Å²) < 4.78 is 0. The van der Waals surface area contributed by atoms with Gasteiger partial charge in [-0.3, -0.25) is 14.4 Å². The van der Waals surface area contributed by atoms with Gasteiger partial charge in [-0.1, -0.05) is 25.1 Å². The van der Waals surface area contributed by atoms with Crippen LogP contribution in [0.15, 0.2) is 29.1 Å². The summed E-state index contributed by atoms with van der Waals surface area (Å²) in [6.07, 6.45) is 0.693. The maximum Gasteiger partial charge on any atom is 0.295 e. The summed E-state index contributed by atoms with van der Waals surface area (Å²) in [7, 11) is 0. The number of fused-ring (bicyclic) bond motifs is 1. The van der Waals surface area contributed by atoms with E-state index in [2.05, 4.69) is 15.7 Å². The molecule has 2 aromatic rings. The number of hydrogen-bond acceptors (Lipinski definition) is 4. The van der Waals surface area contributed by atoms with Gasteiger partial charge in [0.15, 0.2) is 5.69 Å². The van der Waals surface area contributed by atoms with E-state index in [4.69, 9.17) is 4.84 Å². The Labute approximate surface area is 109 Å². The van der Waals surface area contributed by atoms with Crippen molar-refractivity contribution in [1.29, 1.82) is 0 Å². The predicted octanol–water partition coefficient (Wildman–Crippen LogP) is 1.38. The standard InChI is InChI=1S/C13H15N3O3/c1-3-8(2)19-16-13(18)11-9-6-4-5-7-10(9)12(17)15-14-11/h4-8H,3H2,1-2H3,(H,15,17)(H,16,18). The Morgan fingerprint density at radius 1 is 1.42 bits per heavy atom. The Bertz CT molecular complexity index is 651. The molecule has 0 bridgehead atoms. The molecule has 1 aromatic heterocycles. The molecule has 6 nitrogen and oxygen atoms in total. The summed E-state index contributed by atoms with van der Waals surface area (Å²) in [5.41, 5.74) is 2.15.